The monoisotopic (exact) mass is 228 g/mol. The molecule has 0 aromatic carbocycles. The zero-order chi connectivity index (χ0) is 12.6. The first kappa shape index (κ1) is 12.7. The summed E-state index contributed by atoms with van der Waals surface area (Å²) in [5.74, 6) is -1.81. The van der Waals surface area contributed by atoms with E-state index in [1.165, 1.54) is 6.92 Å². The van der Waals surface area contributed by atoms with Crippen LogP contribution in [-0.4, -0.2) is 28.9 Å². The normalized spacial score (nSPS) is 25.1. The molecule has 1 unspecified atom stereocenters. The maximum atomic E-state index is 11.8. The van der Waals surface area contributed by atoms with Crippen molar-refractivity contribution >= 4 is 17.7 Å². The van der Waals surface area contributed by atoms with E-state index in [1.807, 2.05) is 0 Å². The number of hydrogen-bond donors (Lipinski definition) is 0. The molecule has 0 spiro atoms. The summed E-state index contributed by atoms with van der Waals surface area (Å²) in [4.78, 5) is 34.4. The predicted molar refractivity (Wildman–Crippen MR) is 54.6 cm³/mol. The smallest absolute Gasteiger partial charge is 0.359 e. The second kappa shape index (κ2) is 3.88. The summed E-state index contributed by atoms with van der Waals surface area (Å²) in [6.07, 6.45) is 0.134. The maximum absolute atomic E-state index is 11.8. The molecule has 0 aromatic heterocycles. The van der Waals surface area contributed by atoms with Crippen molar-refractivity contribution in [2.45, 2.75) is 51.7 Å². The van der Waals surface area contributed by atoms with Gasteiger partial charge in [0.25, 0.3) is 5.60 Å². The molecule has 0 bridgehead atoms. The lowest BCUT2D eigenvalue weighted by molar-refractivity contribution is -0.185. The van der Waals surface area contributed by atoms with Gasteiger partial charge < -0.3 is 9.47 Å². The third-order valence-electron chi connectivity index (χ3n) is 2.27. The third kappa shape index (κ3) is 2.40. The van der Waals surface area contributed by atoms with E-state index in [9.17, 15) is 14.4 Å². The fraction of sp³-hybridized carbons (Fsp3) is 0.727. The quantitative estimate of drug-likeness (QED) is 0.520. The number of carbonyl (C=O) groups excluding carboxylic acids is 3. The number of ketones is 1. The first-order chi connectivity index (χ1) is 7.17. The highest BCUT2D eigenvalue weighted by molar-refractivity contribution is 6.09. The van der Waals surface area contributed by atoms with Crippen molar-refractivity contribution in [3.8, 4) is 0 Å². The number of hydrogen-bond acceptors (Lipinski definition) is 5. The molecule has 5 heteroatoms. The van der Waals surface area contributed by atoms with Gasteiger partial charge in [0.05, 0.1) is 6.42 Å². The Morgan fingerprint density at radius 3 is 2.25 bits per heavy atom. The number of rotatable bonds is 2. The maximum Gasteiger partial charge on any atom is 0.359 e. The molecule has 1 fully saturated rings. The van der Waals surface area contributed by atoms with Crippen molar-refractivity contribution in [3.63, 3.8) is 0 Å². The van der Waals surface area contributed by atoms with Gasteiger partial charge in [-0.25, -0.2) is 4.79 Å². The molecule has 0 radical (unpaired) electrons. The van der Waals surface area contributed by atoms with Crippen LogP contribution in [0.5, 0.6) is 0 Å². The molecule has 0 aliphatic carbocycles. The summed E-state index contributed by atoms with van der Waals surface area (Å²) in [6, 6.07) is 0. The minimum atomic E-state index is -1.72. The summed E-state index contributed by atoms with van der Waals surface area (Å²) >= 11 is 0. The summed E-state index contributed by atoms with van der Waals surface area (Å²) in [7, 11) is 0. The van der Waals surface area contributed by atoms with E-state index >= 15 is 0 Å². The van der Waals surface area contributed by atoms with Gasteiger partial charge in [0.1, 0.15) is 5.60 Å². The van der Waals surface area contributed by atoms with E-state index in [4.69, 9.17) is 9.47 Å². The van der Waals surface area contributed by atoms with Gasteiger partial charge in [0.2, 0.25) is 0 Å². The van der Waals surface area contributed by atoms with Crippen LogP contribution in [0.3, 0.4) is 0 Å². The number of Topliss-reactive ketones (excluding diaryl/α,β-unsaturated/α-hetero) is 1. The largest absolute Gasteiger partial charge is 0.457 e. The molecule has 16 heavy (non-hydrogen) atoms. The lowest BCUT2D eigenvalue weighted by atomic mass is 9.95. The second-order valence-electron chi connectivity index (χ2n) is 4.86. The minimum Gasteiger partial charge on any atom is -0.457 e. The van der Waals surface area contributed by atoms with Crippen LogP contribution < -0.4 is 0 Å². The van der Waals surface area contributed by atoms with Crippen LogP contribution in [-0.2, 0) is 23.9 Å². The van der Waals surface area contributed by atoms with Crippen LogP contribution in [0.2, 0.25) is 0 Å². The Balaban J connectivity index is 2.92. The topological polar surface area (TPSA) is 69.7 Å². The van der Waals surface area contributed by atoms with Gasteiger partial charge in [-0.1, -0.05) is 0 Å². The Morgan fingerprint density at radius 1 is 1.38 bits per heavy atom. The Hall–Kier alpha value is -1.39. The lowest BCUT2D eigenvalue weighted by Crippen LogP contribution is -2.48. The van der Waals surface area contributed by atoms with E-state index in [2.05, 4.69) is 0 Å². The third-order valence-corrected chi connectivity index (χ3v) is 2.27. The van der Waals surface area contributed by atoms with Crippen LogP contribution >= 0.6 is 0 Å². The lowest BCUT2D eigenvalue weighted by Gasteiger charge is -2.27. The molecule has 5 nitrogen and oxygen atoms in total. The standard InChI is InChI=1S/C11H16O5/c1-7(12)11(6-5-8(13)15-11)9(14)16-10(2,3)4/h5-6H2,1-4H3. The van der Waals surface area contributed by atoms with Crippen molar-refractivity contribution in [1.29, 1.82) is 0 Å². The summed E-state index contributed by atoms with van der Waals surface area (Å²) < 4.78 is 9.95. The molecule has 0 saturated carbocycles. The molecule has 1 atom stereocenters. The van der Waals surface area contributed by atoms with Gasteiger partial charge in [-0.15, -0.1) is 0 Å². The highest BCUT2D eigenvalue weighted by Crippen LogP contribution is 2.30. The molecule has 1 saturated heterocycles. The van der Waals surface area contributed by atoms with Gasteiger partial charge in [0.15, 0.2) is 5.78 Å². The van der Waals surface area contributed by atoms with E-state index < -0.39 is 28.9 Å². The average Bonchev–Trinajstić information content (AvgIpc) is 2.45. The fourth-order valence-electron chi connectivity index (χ4n) is 1.47. The van der Waals surface area contributed by atoms with Crippen molar-refractivity contribution in [2.75, 3.05) is 0 Å². The summed E-state index contributed by atoms with van der Waals surface area (Å²) in [5.41, 5.74) is -2.43. The fourth-order valence-corrected chi connectivity index (χ4v) is 1.47. The Morgan fingerprint density at radius 2 is 1.94 bits per heavy atom. The molecule has 1 heterocycles. The Bertz CT molecular complexity index is 339. The van der Waals surface area contributed by atoms with Crippen molar-refractivity contribution in [3.05, 3.63) is 0 Å². The van der Waals surface area contributed by atoms with E-state index in [1.54, 1.807) is 20.8 Å². The van der Waals surface area contributed by atoms with Crippen LogP contribution in [0.4, 0.5) is 0 Å². The van der Waals surface area contributed by atoms with Gasteiger partial charge in [-0.3, -0.25) is 9.59 Å². The van der Waals surface area contributed by atoms with Gasteiger partial charge >= 0.3 is 11.9 Å². The molecule has 1 aliphatic heterocycles. The minimum absolute atomic E-state index is 0.0656. The Kier molecular flexibility index (Phi) is 3.08. The molecule has 0 aromatic rings. The van der Waals surface area contributed by atoms with Crippen LogP contribution in [0.1, 0.15) is 40.5 Å². The van der Waals surface area contributed by atoms with E-state index in [0.29, 0.717) is 0 Å². The van der Waals surface area contributed by atoms with Crippen molar-refractivity contribution in [2.24, 2.45) is 0 Å². The summed E-state index contributed by atoms with van der Waals surface area (Å²) in [6.45, 7) is 6.29. The highest BCUT2D eigenvalue weighted by atomic mass is 16.6. The average molecular weight is 228 g/mol. The molecule has 1 rings (SSSR count). The van der Waals surface area contributed by atoms with Crippen LogP contribution in [0.25, 0.3) is 0 Å². The molecule has 0 amide bonds. The van der Waals surface area contributed by atoms with Crippen LogP contribution in [0.15, 0.2) is 0 Å². The highest BCUT2D eigenvalue weighted by Gasteiger charge is 2.53. The predicted octanol–water partition coefficient (Wildman–Crippen LogP) is 0.993. The van der Waals surface area contributed by atoms with Gasteiger partial charge in [-0.2, -0.15) is 0 Å². The Labute approximate surface area is 94.1 Å². The first-order valence-electron chi connectivity index (χ1n) is 5.14. The zero-order valence-electron chi connectivity index (χ0n) is 9.96. The number of cyclic esters (lactones) is 1. The van der Waals surface area contributed by atoms with Crippen LogP contribution in [0, 0.1) is 0 Å². The van der Waals surface area contributed by atoms with Gasteiger partial charge in [-0.05, 0) is 27.7 Å². The van der Waals surface area contributed by atoms with Crippen molar-refractivity contribution < 1.29 is 23.9 Å². The first-order valence-corrected chi connectivity index (χ1v) is 5.14. The van der Waals surface area contributed by atoms with Crippen molar-refractivity contribution in [1.82, 2.24) is 0 Å². The molecule has 90 valence electrons. The number of ether oxygens (including phenoxy) is 2. The number of carbonyl (C=O) groups is 3. The molecular formula is C11H16O5. The van der Waals surface area contributed by atoms with E-state index in [0.717, 1.165) is 0 Å². The SMILES string of the molecule is CC(=O)C1(C(=O)OC(C)(C)C)CCC(=O)O1. The zero-order valence-corrected chi connectivity index (χ0v) is 9.96. The molecular weight excluding hydrogens is 212 g/mol. The molecule has 1 aliphatic rings. The van der Waals surface area contributed by atoms with Gasteiger partial charge in [0, 0.05) is 6.42 Å². The summed E-state index contributed by atoms with van der Waals surface area (Å²) in [5, 5.41) is 0. The second-order valence-corrected chi connectivity index (χ2v) is 4.86. The molecule has 0 N–H and O–H groups in total. The number of esters is 2. The van der Waals surface area contributed by atoms with E-state index in [-0.39, 0.29) is 12.8 Å².